The predicted octanol–water partition coefficient (Wildman–Crippen LogP) is 2.25. The maximum Gasteiger partial charge on any atom is 0.0729 e. The Bertz CT molecular complexity index is 293. The van der Waals surface area contributed by atoms with Gasteiger partial charge >= 0.3 is 0 Å². The highest BCUT2D eigenvalue weighted by molar-refractivity contribution is 4.92. The normalized spacial score (nSPS) is 35.2. The van der Waals surface area contributed by atoms with Gasteiger partial charge in [-0.25, -0.2) is 0 Å². The molecule has 0 aromatic carbocycles. The Hall–Kier alpha value is -0.160. The van der Waals surface area contributed by atoms with Gasteiger partial charge in [0.1, 0.15) is 0 Å². The molecule has 0 aliphatic carbocycles. The summed E-state index contributed by atoms with van der Waals surface area (Å²) in [4.78, 5) is 0. The van der Waals surface area contributed by atoms with Gasteiger partial charge in [0.05, 0.1) is 11.7 Å². The van der Waals surface area contributed by atoms with Crippen LogP contribution in [0.5, 0.6) is 0 Å². The lowest BCUT2D eigenvalue weighted by molar-refractivity contribution is -0.149. The minimum atomic E-state index is 0.0721. The third kappa shape index (κ3) is 3.53. The topological polar surface area (TPSA) is 53.7 Å². The molecule has 0 bridgehead atoms. The fourth-order valence-corrected chi connectivity index (χ4v) is 4.01. The molecular weight excluding hydrogens is 254 g/mol. The van der Waals surface area contributed by atoms with Gasteiger partial charge in [0.2, 0.25) is 0 Å². The molecule has 0 aromatic rings. The second kappa shape index (κ2) is 6.73. The molecule has 3 atom stereocenters. The zero-order valence-electron chi connectivity index (χ0n) is 12.5. The molecule has 2 N–H and O–H groups in total. The van der Waals surface area contributed by atoms with Crippen LogP contribution in [0.1, 0.15) is 51.4 Å². The minimum Gasteiger partial charge on any atom is -0.381 e. The molecule has 3 aliphatic heterocycles. The van der Waals surface area contributed by atoms with Gasteiger partial charge in [-0.05, 0) is 57.3 Å². The first-order valence-corrected chi connectivity index (χ1v) is 8.36. The van der Waals surface area contributed by atoms with Gasteiger partial charge in [0.25, 0.3) is 0 Å². The number of rotatable bonds is 4. The molecule has 0 aromatic heterocycles. The summed E-state index contributed by atoms with van der Waals surface area (Å²) in [6, 6.07) is 0.308. The van der Waals surface area contributed by atoms with E-state index in [9.17, 15) is 0 Å². The predicted molar refractivity (Wildman–Crippen MR) is 77.6 cm³/mol. The summed E-state index contributed by atoms with van der Waals surface area (Å²) >= 11 is 0. The first kappa shape index (κ1) is 14.8. The zero-order chi connectivity index (χ0) is 13.8. The summed E-state index contributed by atoms with van der Waals surface area (Å²) in [5, 5.41) is 0. The molecule has 3 unspecified atom stereocenters. The van der Waals surface area contributed by atoms with Crippen molar-refractivity contribution in [1.82, 2.24) is 0 Å². The Morgan fingerprint density at radius 3 is 2.70 bits per heavy atom. The second-order valence-corrected chi connectivity index (χ2v) is 6.77. The molecule has 3 rings (SSSR count). The fourth-order valence-electron chi connectivity index (χ4n) is 4.01. The van der Waals surface area contributed by atoms with Crippen LogP contribution in [-0.2, 0) is 14.2 Å². The van der Waals surface area contributed by atoms with Gasteiger partial charge in [-0.1, -0.05) is 0 Å². The van der Waals surface area contributed by atoms with Gasteiger partial charge in [0.15, 0.2) is 0 Å². The van der Waals surface area contributed by atoms with Crippen LogP contribution in [0.4, 0.5) is 0 Å². The van der Waals surface area contributed by atoms with Gasteiger partial charge in [0, 0.05) is 32.5 Å². The van der Waals surface area contributed by atoms with E-state index in [2.05, 4.69) is 0 Å². The third-order valence-corrected chi connectivity index (χ3v) is 5.39. The summed E-state index contributed by atoms with van der Waals surface area (Å²) in [5.41, 5.74) is 6.55. The Kier molecular flexibility index (Phi) is 4.97. The van der Waals surface area contributed by atoms with Crippen molar-refractivity contribution in [1.29, 1.82) is 0 Å². The summed E-state index contributed by atoms with van der Waals surface area (Å²) in [7, 11) is 0. The van der Waals surface area contributed by atoms with E-state index in [1.807, 2.05) is 0 Å². The van der Waals surface area contributed by atoms with E-state index < -0.39 is 0 Å². The zero-order valence-corrected chi connectivity index (χ0v) is 12.5. The molecule has 0 saturated carbocycles. The molecule has 4 heteroatoms. The van der Waals surface area contributed by atoms with Gasteiger partial charge in [-0.2, -0.15) is 0 Å². The summed E-state index contributed by atoms with van der Waals surface area (Å²) in [6.45, 7) is 3.51. The molecule has 20 heavy (non-hydrogen) atoms. The second-order valence-electron chi connectivity index (χ2n) is 6.77. The molecule has 3 saturated heterocycles. The Labute approximate surface area is 122 Å². The number of hydrogen-bond donors (Lipinski definition) is 1. The van der Waals surface area contributed by atoms with Crippen molar-refractivity contribution in [2.75, 3.05) is 26.4 Å². The fraction of sp³-hybridized carbons (Fsp3) is 1.00. The average molecular weight is 283 g/mol. The van der Waals surface area contributed by atoms with Gasteiger partial charge in [-0.15, -0.1) is 0 Å². The lowest BCUT2D eigenvalue weighted by atomic mass is 9.77. The number of nitrogens with two attached hydrogens (primary N) is 1. The highest BCUT2D eigenvalue weighted by atomic mass is 16.5. The lowest BCUT2D eigenvalue weighted by Gasteiger charge is -2.44. The molecule has 3 fully saturated rings. The van der Waals surface area contributed by atoms with E-state index >= 15 is 0 Å². The largest absolute Gasteiger partial charge is 0.381 e. The van der Waals surface area contributed by atoms with Crippen LogP contribution in [0.15, 0.2) is 0 Å². The van der Waals surface area contributed by atoms with Crippen LogP contribution in [0.2, 0.25) is 0 Å². The van der Waals surface area contributed by atoms with E-state index in [-0.39, 0.29) is 5.60 Å². The van der Waals surface area contributed by atoms with Crippen molar-refractivity contribution in [3.63, 3.8) is 0 Å². The van der Waals surface area contributed by atoms with Crippen LogP contribution >= 0.6 is 0 Å². The molecule has 116 valence electrons. The molecular formula is C16H29NO3. The van der Waals surface area contributed by atoms with E-state index in [0.29, 0.717) is 18.1 Å². The molecule has 1 spiro atoms. The van der Waals surface area contributed by atoms with Crippen molar-refractivity contribution in [3.8, 4) is 0 Å². The maximum atomic E-state index is 6.47. The van der Waals surface area contributed by atoms with Crippen molar-refractivity contribution in [3.05, 3.63) is 0 Å². The summed E-state index contributed by atoms with van der Waals surface area (Å²) in [6.07, 6.45) is 9.49. The first-order chi connectivity index (χ1) is 9.77. The molecule has 3 heterocycles. The Balaban J connectivity index is 1.47. The SMILES string of the molecule is NC(CCC1CCCO1)C1CCOC2(CCOCC2)C1. The van der Waals surface area contributed by atoms with E-state index in [1.165, 1.54) is 12.8 Å². The maximum absolute atomic E-state index is 6.47. The Morgan fingerprint density at radius 2 is 1.95 bits per heavy atom. The van der Waals surface area contributed by atoms with Crippen molar-refractivity contribution in [2.24, 2.45) is 11.7 Å². The molecule has 3 aliphatic rings. The van der Waals surface area contributed by atoms with E-state index in [4.69, 9.17) is 19.9 Å². The molecule has 4 nitrogen and oxygen atoms in total. The highest BCUT2D eigenvalue weighted by Crippen LogP contribution is 2.38. The lowest BCUT2D eigenvalue weighted by Crippen LogP contribution is -2.48. The monoisotopic (exact) mass is 283 g/mol. The van der Waals surface area contributed by atoms with Crippen LogP contribution < -0.4 is 5.73 Å². The van der Waals surface area contributed by atoms with Gasteiger partial charge in [-0.3, -0.25) is 0 Å². The van der Waals surface area contributed by atoms with Crippen molar-refractivity contribution >= 4 is 0 Å². The van der Waals surface area contributed by atoms with Crippen LogP contribution in [0, 0.1) is 5.92 Å². The summed E-state index contributed by atoms with van der Waals surface area (Å²) < 4.78 is 17.3. The summed E-state index contributed by atoms with van der Waals surface area (Å²) in [5.74, 6) is 0.614. The van der Waals surface area contributed by atoms with E-state index in [0.717, 1.165) is 65.0 Å². The Morgan fingerprint density at radius 1 is 1.10 bits per heavy atom. The van der Waals surface area contributed by atoms with Crippen molar-refractivity contribution < 1.29 is 14.2 Å². The van der Waals surface area contributed by atoms with Crippen molar-refractivity contribution in [2.45, 2.75) is 69.1 Å². The van der Waals surface area contributed by atoms with Crippen LogP contribution in [0.3, 0.4) is 0 Å². The van der Waals surface area contributed by atoms with Gasteiger partial charge < -0.3 is 19.9 Å². The smallest absolute Gasteiger partial charge is 0.0729 e. The first-order valence-electron chi connectivity index (χ1n) is 8.36. The number of hydrogen-bond acceptors (Lipinski definition) is 4. The molecule has 0 radical (unpaired) electrons. The van der Waals surface area contributed by atoms with Crippen LogP contribution in [-0.4, -0.2) is 44.2 Å². The molecule has 0 amide bonds. The third-order valence-electron chi connectivity index (χ3n) is 5.39. The van der Waals surface area contributed by atoms with Crippen LogP contribution in [0.25, 0.3) is 0 Å². The number of ether oxygens (including phenoxy) is 3. The van der Waals surface area contributed by atoms with E-state index in [1.54, 1.807) is 0 Å². The minimum absolute atomic E-state index is 0.0721. The highest BCUT2D eigenvalue weighted by Gasteiger charge is 2.40. The average Bonchev–Trinajstić information content (AvgIpc) is 2.99. The standard InChI is InChI=1S/C16H29NO3/c17-15(4-3-14-2-1-8-19-14)13-5-9-20-16(12-13)6-10-18-11-7-16/h13-15H,1-12,17H2. The quantitative estimate of drug-likeness (QED) is 0.860.